The van der Waals surface area contributed by atoms with E-state index in [9.17, 15) is 0 Å². The van der Waals surface area contributed by atoms with E-state index in [0.717, 1.165) is 31.8 Å². The number of methoxy groups -OCH3 is 1. The van der Waals surface area contributed by atoms with E-state index >= 15 is 0 Å². The van der Waals surface area contributed by atoms with E-state index in [2.05, 4.69) is 30.1 Å². The van der Waals surface area contributed by atoms with Crippen molar-refractivity contribution in [1.29, 1.82) is 0 Å². The second-order valence-electron chi connectivity index (χ2n) is 7.38. The van der Waals surface area contributed by atoms with Gasteiger partial charge in [0.25, 0.3) is 0 Å². The van der Waals surface area contributed by atoms with Gasteiger partial charge < -0.3 is 10.1 Å². The molecule has 2 atom stereocenters. The van der Waals surface area contributed by atoms with Crippen molar-refractivity contribution in [2.45, 2.75) is 64.3 Å². The lowest BCUT2D eigenvalue weighted by Gasteiger charge is -2.34. The number of rotatable bonds is 6. The predicted octanol–water partition coefficient (Wildman–Crippen LogP) is 3.15. The fourth-order valence-corrected chi connectivity index (χ4v) is 4.29. The summed E-state index contributed by atoms with van der Waals surface area (Å²) in [6, 6.07) is 3.00. The summed E-state index contributed by atoms with van der Waals surface area (Å²) in [4.78, 5) is 7.54. The van der Waals surface area contributed by atoms with E-state index in [4.69, 9.17) is 9.72 Å². The highest BCUT2D eigenvalue weighted by molar-refractivity contribution is 5.39. The SMILES string of the molecule is CCC(CC(C)N1CCNCC1)c1cc2c(c(OC)n1)CCCC2. The van der Waals surface area contributed by atoms with Crippen LogP contribution in [0.1, 0.15) is 62.3 Å². The molecule has 0 spiro atoms. The smallest absolute Gasteiger partial charge is 0.216 e. The Hall–Kier alpha value is -1.13. The molecule has 1 aliphatic carbocycles. The molecule has 0 amide bonds. The summed E-state index contributed by atoms with van der Waals surface area (Å²) >= 11 is 0. The van der Waals surface area contributed by atoms with Gasteiger partial charge in [0, 0.05) is 49.4 Å². The molecule has 24 heavy (non-hydrogen) atoms. The lowest BCUT2D eigenvalue weighted by Crippen LogP contribution is -2.47. The van der Waals surface area contributed by atoms with Crippen LogP contribution in [0.4, 0.5) is 0 Å². The molecule has 0 bridgehead atoms. The topological polar surface area (TPSA) is 37.4 Å². The quantitative estimate of drug-likeness (QED) is 0.869. The van der Waals surface area contributed by atoms with Gasteiger partial charge in [-0.2, -0.15) is 0 Å². The number of pyridine rings is 1. The minimum Gasteiger partial charge on any atom is -0.481 e. The molecule has 2 aliphatic rings. The van der Waals surface area contributed by atoms with Gasteiger partial charge in [0.15, 0.2) is 0 Å². The van der Waals surface area contributed by atoms with Crippen molar-refractivity contribution < 1.29 is 4.74 Å². The number of nitrogens with one attached hydrogen (secondary N) is 1. The Morgan fingerprint density at radius 1 is 1.25 bits per heavy atom. The van der Waals surface area contributed by atoms with Crippen molar-refractivity contribution in [1.82, 2.24) is 15.2 Å². The van der Waals surface area contributed by atoms with Crippen LogP contribution in [-0.2, 0) is 12.8 Å². The lowest BCUT2D eigenvalue weighted by molar-refractivity contribution is 0.168. The monoisotopic (exact) mass is 331 g/mol. The van der Waals surface area contributed by atoms with E-state index in [1.54, 1.807) is 7.11 Å². The zero-order valence-corrected chi connectivity index (χ0v) is 15.6. The Morgan fingerprint density at radius 2 is 2.00 bits per heavy atom. The predicted molar refractivity (Wildman–Crippen MR) is 99.0 cm³/mol. The molecule has 3 rings (SSSR count). The molecular formula is C20H33N3O. The molecule has 1 N–H and O–H groups in total. The molecule has 1 aliphatic heterocycles. The zero-order valence-electron chi connectivity index (χ0n) is 15.6. The van der Waals surface area contributed by atoms with Crippen LogP contribution in [0.3, 0.4) is 0 Å². The van der Waals surface area contributed by atoms with E-state index < -0.39 is 0 Å². The van der Waals surface area contributed by atoms with Gasteiger partial charge in [0.1, 0.15) is 0 Å². The highest BCUT2D eigenvalue weighted by Gasteiger charge is 2.24. The third-order valence-corrected chi connectivity index (χ3v) is 5.83. The number of piperazine rings is 1. The second-order valence-corrected chi connectivity index (χ2v) is 7.38. The number of fused-ring (bicyclic) bond motifs is 1. The maximum absolute atomic E-state index is 5.64. The first-order chi connectivity index (χ1) is 11.7. The van der Waals surface area contributed by atoms with Crippen molar-refractivity contribution in [3.63, 3.8) is 0 Å². The fourth-order valence-electron chi connectivity index (χ4n) is 4.29. The van der Waals surface area contributed by atoms with E-state index in [1.165, 1.54) is 55.6 Å². The molecule has 134 valence electrons. The van der Waals surface area contributed by atoms with Crippen LogP contribution in [0.25, 0.3) is 0 Å². The van der Waals surface area contributed by atoms with Crippen LogP contribution >= 0.6 is 0 Å². The number of hydrogen-bond acceptors (Lipinski definition) is 4. The Morgan fingerprint density at radius 3 is 2.71 bits per heavy atom. The Labute approximate surface area is 147 Å². The summed E-state index contributed by atoms with van der Waals surface area (Å²) in [6.07, 6.45) is 7.21. The fraction of sp³-hybridized carbons (Fsp3) is 0.750. The maximum Gasteiger partial charge on any atom is 0.216 e. The van der Waals surface area contributed by atoms with Gasteiger partial charge in [-0.1, -0.05) is 6.92 Å². The minimum atomic E-state index is 0.524. The van der Waals surface area contributed by atoms with E-state index in [0.29, 0.717) is 12.0 Å². The van der Waals surface area contributed by atoms with Crippen LogP contribution < -0.4 is 10.1 Å². The second kappa shape index (κ2) is 8.30. The summed E-state index contributed by atoms with van der Waals surface area (Å²) < 4.78 is 5.64. The molecular weight excluding hydrogens is 298 g/mol. The summed E-state index contributed by atoms with van der Waals surface area (Å²) in [5.41, 5.74) is 4.09. The maximum atomic E-state index is 5.64. The van der Waals surface area contributed by atoms with Crippen molar-refractivity contribution >= 4 is 0 Å². The molecule has 1 fully saturated rings. The third kappa shape index (κ3) is 3.92. The van der Waals surface area contributed by atoms with Crippen LogP contribution in [0.2, 0.25) is 0 Å². The van der Waals surface area contributed by atoms with Crippen LogP contribution in [0.5, 0.6) is 5.88 Å². The van der Waals surface area contributed by atoms with Crippen LogP contribution in [0.15, 0.2) is 6.07 Å². The average molecular weight is 332 g/mol. The molecule has 1 aromatic rings. The van der Waals surface area contributed by atoms with Crippen LogP contribution in [0, 0.1) is 0 Å². The Kier molecular flexibility index (Phi) is 6.12. The van der Waals surface area contributed by atoms with Crippen molar-refractivity contribution in [3.8, 4) is 5.88 Å². The highest BCUT2D eigenvalue weighted by Crippen LogP contribution is 2.33. The molecule has 0 saturated carbocycles. The van der Waals surface area contributed by atoms with Gasteiger partial charge in [0.05, 0.1) is 7.11 Å². The van der Waals surface area contributed by atoms with Crippen molar-refractivity contribution in [2.24, 2.45) is 0 Å². The van der Waals surface area contributed by atoms with Gasteiger partial charge in [-0.15, -0.1) is 0 Å². The third-order valence-electron chi connectivity index (χ3n) is 5.83. The first-order valence-corrected chi connectivity index (χ1v) is 9.74. The lowest BCUT2D eigenvalue weighted by atomic mass is 9.88. The van der Waals surface area contributed by atoms with E-state index in [1.807, 2.05) is 0 Å². The highest BCUT2D eigenvalue weighted by atomic mass is 16.5. The molecule has 2 unspecified atom stereocenters. The average Bonchev–Trinajstić information content (AvgIpc) is 2.65. The first kappa shape index (κ1) is 17.7. The minimum absolute atomic E-state index is 0.524. The number of ether oxygens (including phenoxy) is 1. The molecule has 4 nitrogen and oxygen atoms in total. The van der Waals surface area contributed by atoms with Gasteiger partial charge in [-0.3, -0.25) is 4.90 Å². The van der Waals surface area contributed by atoms with E-state index in [-0.39, 0.29) is 0 Å². The van der Waals surface area contributed by atoms with Crippen LogP contribution in [-0.4, -0.2) is 49.2 Å². The van der Waals surface area contributed by atoms with Crippen molar-refractivity contribution in [2.75, 3.05) is 33.3 Å². The summed E-state index contributed by atoms with van der Waals surface area (Å²) in [5.74, 6) is 1.41. The van der Waals surface area contributed by atoms with Gasteiger partial charge >= 0.3 is 0 Å². The Balaban J connectivity index is 1.77. The van der Waals surface area contributed by atoms with Gasteiger partial charge in [-0.05, 0) is 57.1 Å². The van der Waals surface area contributed by atoms with Crippen molar-refractivity contribution in [3.05, 3.63) is 22.9 Å². The largest absolute Gasteiger partial charge is 0.481 e. The number of aryl methyl sites for hydroxylation is 1. The summed E-state index contributed by atoms with van der Waals surface area (Å²) in [5, 5.41) is 3.45. The molecule has 0 aromatic carbocycles. The molecule has 1 saturated heterocycles. The standard InChI is InChI=1S/C20H33N3O/c1-4-16(13-15(2)23-11-9-21-10-12-23)19-14-17-7-5-6-8-18(17)20(22-19)24-3/h14-16,21H,4-13H2,1-3H3. The number of aromatic nitrogens is 1. The normalized spacial score (nSPS) is 21.1. The summed E-state index contributed by atoms with van der Waals surface area (Å²) in [7, 11) is 1.77. The first-order valence-electron chi connectivity index (χ1n) is 9.74. The van der Waals surface area contributed by atoms with Gasteiger partial charge in [0.2, 0.25) is 5.88 Å². The Bertz CT molecular complexity index is 523. The molecule has 4 heteroatoms. The van der Waals surface area contributed by atoms with Gasteiger partial charge in [-0.25, -0.2) is 4.98 Å². The molecule has 0 radical (unpaired) electrons. The molecule has 1 aromatic heterocycles. The summed E-state index contributed by atoms with van der Waals surface area (Å²) in [6.45, 7) is 9.24. The number of hydrogen-bond donors (Lipinski definition) is 1. The molecule has 2 heterocycles. The number of nitrogens with zero attached hydrogens (tertiary/aromatic N) is 2. The zero-order chi connectivity index (χ0) is 16.9.